The molecule has 0 bridgehead atoms. The van der Waals surface area contributed by atoms with Crippen LogP contribution in [0.25, 0.3) is 0 Å². The lowest BCUT2D eigenvalue weighted by Gasteiger charge is -2.48. The minimum atomic E-state index is -0.710. The zero-order chi connectivity index (χ0) is 16.0. The van der Waals surface area contributed by atoms with Crippen molar-refractivity contribution in [1.82, 2.24) is 0 Å². The van der Waals surface area contributed by atoms with Crippen LogP contribution in [0.15, 0.2) is 0 Å². The number of ether oxygens (including phenoxy) is 6. The van der Waals surface area contributed by atoms with E-state index in [0.717, 1.165) is 0 Å². The first-order valence-corrected chi connectivity index (χ1v) is 7.87. The summed E-state index contributed by atoms with van der Waals surface area (Å²) in [5.74, 6) is -1.38. The SMILES string of the molecule is CC1(C)O[C@@H]2[C@H](O1)[C@H](OCCCO)O[C@@H]1COC(C)(C)O[C@@H]21. The van der Waals surface area contributed by atoms with Crippen LogP contribution in [0.2, 0.25) is 0 Å². The predicted octanol–water partition coefficient (Wildman–Crippen LogP) is 0.782. The fourth-order valence-electron chi connectivity index (χ4n) is 3.14. The molecule has 3 aliphatic rings. The van der Waals surface area contributed by atoms with E-state index in [2.05, 4.69) is 0 Å². The lowest BCUT2D eigenvalue weighted by molar-refractivity contribution is -0.370. The molecule has 0 aromatic heterocycles. The van der Waals surface area contributed by atoms with Gasteiger partial charge in [-0.3, -0.25) is 0 Å². The van der Waals surface area contributed by atoms with Crippen molar-refractivity contribution in [3.63, 3.8) is 0 Å². The molecule has 3 rings (SSSR count). The van der Waals surface area contributed by atoms with Crippen LogP contribution in [0.5, 0.6) is 0 Å². The topological polar surface area (TPSA) is 75.6 Å². The van der Waals surface area contributed by atoms with E-state index < -0.39 is 17.9 Å². The number of hydrogen-bond donors (Lipinski definition) is 1. The molecule has 0 aromatic carbocycles. The molecule has 7 nitrogen and oxygen atoms in total. The van der Waals surface area contributed by atoms with E-state index >= 15 is 0 Å². The molecule has 128 valence electrons. The molecule has 0 saturated carbocycles. The summed E-state index contributed by atoms with van der Waals surface area (Å²) in [6.45, 7) is 8.40. The van der Waals surface area contributed by atoms with Crippen LogP contribution in [0.3, 0.4) is 0 Å². The standard InChI is InChI=1S/C15H26O7/c1-14(2)18-8-9-10(20-14)11-12(22-15(3,4)21-11)13(19-9)17-7-5-6-16/h9-13,16H,5-8H2,1-4H3/t9-,10-,11+,12+,13-/m1/s1. The van der Waals surface area contributed by atoms with E-state index in [-0.39, 0.29) is 31.0 Å². The minimum Gasteiger partial charge on any atom is -0.396 e. The van der Waals surface area contributed by atoms with Crippen molar-refractivity contribution >= 4 is 0 Å². The number of aliphatic hydroxyl groups excluding tert-OH is 1. The van der Waals surface area contributed by atoms with Gasteiger partial charge in [-0.1, -0.05) is 0 Å². The smallest absolute Gasteiger partial charge is 0.187 e. The zero-order valence-corrected chi connectivity index (χ0v) is 13.6. The summed E-state index contributed by atoms with van der Waals surface area (Å²) in [5.41, 5.74) is 0. The molecule has 0 unspecified atom stereocenters. The molecule has 3 heterocycles. The van der Waals surface area contributed by atoms with E-state index in [0.29, 0.717) is 19.6 Å². The van der Waals surface area contributed by atoms with Gasteiger partial charge in [-0.05, 0) is 34.1 Å². The maximum Gasteiger partial charge on any atom is 0.187 e. The Morgan fingerprint density at radius 2 is 1.68 bits per heavy atom. The van der Waals surface area contributed by atoms with Crippen LogP contribution >= 0.6 is 0 Å². The first-order chi connectivity index (χ1) is 10.3. The zero-order valence-electron chi connectivity index (χ0n) is 13.6. The molecular weight excluding hydrogens is 292 g/mol. The van der Waals surface area contributed by atoms with Gasteiger partial charge in [0.15, 0.2) is 17.9 Å². The number of rotatable bonds is 4. The Bertz CT molecular complexity index is 397. The van der Waals surface area contributed by atoms with Crippen LogP contribution in [-0.2, 0) is 28.4 Å². The Kier molecular flexibility index (Phi) is 4.50. The van der Waals surface area contributed by atoms with E-state index in [1.54, 1.807) is 0 Å². The lowest BCUT2D eigenvalue weighted by atomic mass is 9.97. The largest absolute Gasteiger partial charge is 0.396 e. The van der Waals surface area contributed by atoms with E-state index in [1.165, 1.54) is 0 Å². The second kappa shape index (κ2) is 5.98. The second-order valence-corrected chi connectivity index (χ2v) is 6.85. The van der Waals surface area contributed by atoms with E-state index in [1.807, 2.05) is 27.7 Å². The third kappa shape index (κ3) is 3.31. The van der Waals surface area contributed by atoms with Crippen molar-refractivity contribution in [3.05, 3.63) is 0 Å². The molecule has 0 aliphatic carbocycles. The second-order valence-electron chi connectivity index (χ2n) is 6.85. The van der Waals surface area contributed by atoms with Crippen molar-refractivity contribution in [1.29, 1.82) is 0 Å². The summed E-state index contributed by atoms with van der Waals surface area (Å²) >= 11 is 0. The average Bonchev–Trinajstić information content (AvgIpc) is 2.75. The van der Waals surface area contributed by atoms with Gasteiger partial charge in [0.05, 0.1) is 13.2 Å². The summed E-state index contributed by atoms with van der Waals surface area (Å²) in [6.07, 6.45) is -1.14. The lowest BCUT2D eigenvalue weighted by Crippen LogP contribution is -2.63. The molecule has 3 aliphatic heterocycles. The fraction of sp³-hybridized carbons (Fsp3) is 1.00. The highest BCUT2D eigenvalue weighted by Gasteiger charge is 2.58. The van der Waals surface area contributed by atoms with Crippen molar-refractivity contribution in [2.24, 2.45) is 0 Å². The summed E-state index contributed by atoms with van der Waals surface area (Å²) in [5, 5.41) is 8.89. The maximum atomic E-state index is 8.89. The first kappa shape index (κ1) is 16.6. The Morgan fingerprint density at radius 1 is 1.00 bits per heavy atom. The molecule has 1 N–H and O–H groups in total. The van der Waals surface area contributed by atoms with Crippen LogP contribution < -0.4 is 0 Å². The molecule has 3 saturated heterocycles. The Balaban J connectivity index is 1.75. The fourth-order valence-corrected chi connectivity index (χ4v) is 3.14. The normalized spacial score (nSPS) is 42.7. The van der Waals surface area contributed by atoms with Gasteiger partial charge in [0.1, 0.15) is 24.4 Å². The highest BCUT2D eigenvalue weighted by Crippen LogP contribution is 2.42. The summed E-state index contributed by atoms with van der Waals surface area (Å²) in [4.78, 5) is 0. The summed E-state index contributed by atoms with van der Waals surface area (Å²) < 4.78 is 35.4. The van der Waals surface area contributed by atoms with Crippen LogP contribution in [0, 0.1) is 0 Å². The van der Waals surface area contributed by atoms with Gasteiger partial charge in [-0.25, -0.2) is 0 Å². The molecule has 0 spiro atoms. The number of aliphatic hydroxyl groups is 1. The predicted molar refractivity (Wildman–Crippen MR) is 75.0 cm³/mol. The van der Waals surface area contributed by atoms with Gasteiger partial charge in [-0.2, -0.15) is 0 Å². The van der Waals surface area contributed by atoms with Crippen LogP contribution in [-0.4, -0.2) is 67.2 Å². The summed E-state index contributed by atoms with van der Waals surface area (Å²) in [7, 11) is 0. The van der Waals surface area contributed by atoms with E-state index in [4.69, 9.17) is 33.5 Å². The number of hydrogen-bond acceptors (Lipinski definition) is 7. The average molecular weight is 318 g/mol. The molecular formula is C15H26O7. The molecule has 22 heavy (non-hydrogen) atoms. The van der Waals surface area contributed by atoms with Gasteiger partial charge in [0.25, 0.3) is 0 Å². The highest BCUT2D eigenvalue weighted by molar-refractivity contribution is 4.99. The summed E-state index contributed by atoms with van der Waals surface area (Å²) in [6, 6.07) is 0. The third-order valence-corrected chi connectivity index (χ3v) is 4.03. The van der Waals surface area contributed by atoms with Crippen molar-refractivity contribution in [2.75, 3.05) is 19.8 Å². The molecule has 7 heteroatoms. The molecule has 0 radical (unpaired) electrons. The molecule has 0 amide bonds. The van der Waals surface area contributed by atoms with E-state index in [9.17, 15) is 0 Å². The van der Waals surface area contributed by atoms with Crippen molar-refractivity contribution < 1.29 is 33.5 Å². The van der Waals surface area contributed by atoms with Gasteiger partial charge < -0.3 is 33.5 Å². The Hall–Kier alpha value is -0.280. The van der Waals surface area contributed by atoms with Crippen molar-refractivity contribution in [2.45, 2.75) is 76.4 Å². The molecule has 3 fully saturated rings. The quantitative estimate of drug-likeness (QED) is 0.768. The third-order valence-electron chi connectivity index (χ3n) is 4.03. The Morgan fingerprint density at radius 3 is 2.41 bits per heavy atom. The maximum absolute atomic E-state index is 8.89. The number of fused-ring (bicyclic) bond motifs is 3. The van der Waals surface area contributed by atoms with Gasteiger partial charge in [0.2, 0.25) is 0 Å². The monoisotopic (exact) mass is 318 g/mol. The van der Waals surface area contributed by atoms with Crippen molar-refractivity contribution in [3.8, 4) is 0 Å². The molecule has 0 aromatic rings. The highest BCUT2D eigenvalue weighted by atomic mass is 16.8. The Labute approximate surface area is 130 Å². The van der Waals surface area contributed by atoms with Gasteiger partial charge in [-0.15, -0.1) is 0 Å². The van der Waals surface area contributed by atoms with Crippen LogP contribution in [0.1, 0.15) is 34.1 Å². The first-order valence-electron chi connectivity index (χ1n) is 7.87. The minimum absolute atomic E-state index is 0.0795. The molecule has 5 atom stereocenters. The van der Waals surface area contributed by atoms with Gasteiger partial charge >= 0.3 is 0 Å². The van der Waals surface area contributed by atoms with Gasteiger partial charge in [0, 0.05) is 6.61 Å². The van der Waals surface area contributed by atoms with Crippen LogP contribution in [0.4, 0.5) is 0 Å².